The van der Waals surface area contributed by atoms with Gasteiger partial charge in [-0.1, -0.05) is 11.6 Å². The van der Waals surface area contributed by atoms with Crippen molar-refractivity contribution in [2.45, 2.75) is 25.4 Å². The highest BCUT2D eigenvalue weighted by atomic mass is 35.5. The highest BCUT2D eigenvalue weighted by molar-refractivity contribution is 6.30. The van der Waals surface area contributed by atoms with Crippen LogP contribution in [0.5, 0.6) is 5.75 Å². The van der Waals surface area contributed by atoms with Crippen LogP contribution in [-0.2, 0) is 4.79 Å². The molecule has 2 saturated heterocycles. The molecule has 0 saturated carbocycles. The molecule has 1 aromatic carbocycles. The zero-order valence-corrected chi connectivity index (χ0v) is 14.3. The number of halogens is 1. The highest BCUT2D eigenvalue weighted by Crippen LogP contribution is 2.38. The van der Waals surface area contributed by atoms with Gasteiger partial charge in [0.15, 0.2) is 0 Å². The molecule has 2 heterocycles. The molecule has 0 bridgehead atoms. The minimum atomic E-state index is -0.911. The van der Waals surface area contributed by atoms with Crippen molar-refractivity contribution in [1.29, 1.82) is 0 Å². The first-order chi connectivity index (χ1) is 11.5. The predicted octanol–water partition coefficient (Wildman–Crippen LogP) is 1.45. The fourth-order valence-corrected chi connectivity index (χ4v) is 3.79. The van der Waals surface area contributed by atoms with E-state index in [1.165, 1.54) is 7.11 Å². The number of ether oxygens (including phenoxy) is 1. The SMILES string of the molecule is COc1cc(Cl)ccc1C(=O)N1CC[C@@H](O)[C@@]2(CCCNC2=O)C1. The van der Waals surface area contributed by atoms with Crippen LogP contribution in [0.15, 0.2) is 18.2 Å². The van der Waals surface area contributed by atoms with E-state index in [-0.39, 0.29) is 18.4 Å². The maximum atomic E-state index is 12.9. The lowest BCUT2D eigenvalue weighted by molar-refractivity contribution is -0.147. The molecule has 7 heteroatoms. The number of nitrogens with zero attached hydrogens (tertiary/aromatic N) is 1. The zero-order chi connectivity index (χ0) is 17.3. The van der Waals surface area contributed by atoms with Gasteiger partial charge in [-0.15, -0.1) is 0 Å². The van der Waals surface area contributed by atoms with Crippen LogP contribution in [0.2, 0.25) is 5.02 Å². The van der Waals surface area contributed by atoms with Crippen molar-refractivity contribution >= 4 is 23.4 Å². The first-order valence-electron chi connectivity index (χ1n) is 8.07. The molecular weight excluding hydrogens is 332 g/mol. The van der Waals surface area contributed by atoms with Crippen LogP contribution in [0, 0.1) is 5.41 Å². The summed E-state index contributed by atoms with van der Waals surface area (Å²) in [4.78, 5) is 27.0. The minimum absolute atomic E-state index is 0.165. The number of piperidine rings is 2. The number of amides is 2. The third-order valence-corrected chi connectivity index (χ3v) is 5.24. The molecule has 0 unspecified atom stereocenters. The van der Waals surface area contributed by atoms with Crippen LogP contribution < -0.4 is 10.1 Å². The summed E-state index contributed by atoms with van der Waals surface area (Å²) in [6, 6.07) is 4.86. The molecule has 1 aromatic rings. The monoisotopic (exact) mass is 352 g/mol. The van der Waals surface area contributed by atoms with E-state index in [0.717, 1.165) is 6.42 Å². The van der Waals surface area contributed by atoms with Crippen molar-refractivity contribution in [1.82, 2.24) is 10.2 Å². The molecule has 0 radical (unpaired) electrons. The van der Waals surface area contributed by atoms with Crippen LogP contribution in [0.1, 0.15) is 29.6 Å². The lowest BCUT2D eigenvalue weighted by atomic mass is 9.71. The number of carbonyl (C=O) groups is 2. The largest absolute Gasteiger partial charge is 0.496 e. The van der Waals surface area contributed by atoms with E-state index in [2.05, 4.69) is 5.32 Å². The lowest BCUT2D eigenvalue weighted by Crippen LogP contribution is -2.62. The van der Waals surface area contributed by atoms with E-state index < -0.39 is 11.5 Å². The van der Waals surface area contributed by atoms with Crippen LogP contribution in [0.25, 0.3) is 0 Å². The van der Waals surface area contributed by atoms with E-state index in [4.69, 9.17) is 16.3 Å². The second-order valence-electron chi connectivity index (χ2n) is 6.39. The summed E-state index contributed by atoms with van der Waals surface area (Å²) in [6.45, 7) is 1.23. The molecular formula is C17H21ClN2O4. The Morgan fingerprint density at radius 2 is 2.29 bits per heavy atom. The van der Waals surface area contributed by atoms with Gasteiger partial charge in [0.2, 0.25) is 5.91 Å². The second-order valence-corrected chi connectivity index (χ2v) is 6.83. The van der Waals surface area contributed by atoms with Gasteiger partial charge in [0, 0.05) is 24.7 Å². The maximum Gasteiger partial charge on any atom is 0.257 e. The van der Waals surface area contributed by atoms with E-state index >= 15 is 0 Å². The summed E-state index contributed by atoms with van der Waals surface area (Å²) in [5.41, 5.74) is -0.504. The number of aliphatic hydroxyl groups excluding tert-OH is 1. The zero-order valence-electron chi connectivity index (χ0n) is 13.5. The van der Waals surface area contributed by atoms with Crippen molar-refractivity contribution in [3.8, 4) is 5.75 Å². The Bertz CT molecular complexity index is 666. The van der Waals surface area contributed by atoms with E-state index in [0.29, 0.717) is 42.3 Å². The van der Waals surface area contributed by atoms with Crippen molar-refractivity contribution in [3.05, 3.63) is 28.8 Å². The van der Waals surface area contributed by atoms with Crippen LogP contribution in [0.3, 0.4) is 0 Å². The Morgan fingerprint density at radius 3 is 3.00 bits per heavy atom. The standard InChI is InChI=1S/C17H21ClN2O4/c1-24-13-9-11(18)3-4-12(13)15(22)20-8-5-14(21)17(10-20)6-2-7-19-16(17)23/h3-4,9,14,21H,2,5-8,10H2,1H3,(H,19,23)/t14-,17-/m1/s1. The summed E-state index contributed by atoms with van der Waals surface area (Å²) >= 11 is 5.95. The van der Waals surface area contributed by atoms with Gasteiger partial charge in [0.1, 0.15) is 5.75 Å². The number of carbonyl (C=O) groups excluding carboxylic acids is 2. The number of aliphatic hydroxyl groups is 1. The molecule has 3 rings (SSSR count). The summed E-state index contributed by atoms with van der Waals surface area (Å²) in [5.74, 6) is 0.0238. The van der Waals surface area contributed by atoms with Gasteiger partial charge < -0.3 is 20.1 Å². The lowest BCUT2D eigenvalue weighted by Gasteiger charge is -2.46. The van der Waals surface area contributed by atoms with Gasteiger partial charge in [0.25, 0.3) is 5.91 Å². The Labute approximate surface area is 145 Å². The van der Waals surface area contributed by atoms with E-state index in [9.17, 15) is 14.7 Å². The summed E-state index contributed by atoms with van der Waals surface area (Å²) < 4.78 is 5.26. The van der Waals surface area contributed by atoms with Gasteiger partial charge >= 0.3 is 0 Å². The molecule has 2 aliphatic rings. The fraction of sp³-hybridized carbons (Fsp3) is 0.529. The molecule has 2 aliphatic heterocycles. The fourth-order valence-electron chi connectivity index (χ4n) is 3.63. The Balaban J connectivity index is 1.87. The first kappa shape index (κ1) is 17.0. The number of rotatable bonds is 2. The first-order valence-corrected chi connectivity index (χ1v) is 8.45. The normalized spacial score (nSPS) is 27.0. The van der Waals surface area contributed by atoms with E-state index in [1.54, 1.807) is 23.1 Å². The molecule has 0 aliphatic carbocycles. The van der Waals surface area contributed by atoms with Crippen LogP contribution in [0.4, 0.5) is 0 Å². The molecule has 24 heavy (non-hydrogen) atoms. The Hall–Kier alpha value is -1.79. The van der Waals surface area contributed by atoms with Gasteiger partial charge in [-0.3, -0.25) is 9.59 Å². The summed E-state index contributed by atoms with van der Waals surface area (Å²) in [5, 5.41) is 13.7. The topological polar surface area (TPSA) is 78.9 Å². The third-order valence-electron chi connectivity index (χ3n) is 5.00. The van der Waals surface area contributed by atoms with Crippen molar-refractivity contribution in [2.24, 2.45) is 5.41 Å². The van der Waals surface area contributed by atoms with Gasteiger partial charge in [-0.25, -0.2) is 0 Å². The van der Waals surface area contributed by atoms with E-state index in [1.807, 2.05) is 0 Å². The number of nitrogens with one attached hydrogen (secondary N) is 1. The Kier molecular flexibility index (Phi) is 4.69. The molecule has 130 valence electrons. The molecule has 2 fully saturated rings. The van der Waals surface area contributed by atoms with Gasteiger partial charge in [-0.05, 0) is 37.5 Å². The van der Waals surface area contributed by atoms with Crippen LogP contribution in [-0.4, -0.2) is 54.7 Å². The molecule has 6 nitrogen and oxygen atoms in total. The number of benzene rings is 1. The highest BCUT2D eigenvalue weighted by Gasteiger charge is 2.50. The third kappa shape index (κ3) is 2.84. The average molecular weight is 353 g/mol. The second kappa shape index (κ2) is 6.61. The Morgan fingerprint density at radius 1 is 1.50 bits per heavy atom. The van der Waals surface area contributed by atoms with Gasteiger partial charge in [0.05, 0.1) is 24.2 Å². The number of hydrogen-bond donors (Lipinski definition) is 2. The predicted molar refractivity (Wildman–Crippen MR) is 89.2 cm³/mol. The number of methoxy groups -OCH3 is 1. The molecule has 2 atom stereocenters. The van der Waals surface area contributed by atoms with Crippen LogP contribution >= 0.6 is 11.6 Å². The average Bonchev–Trinajstić information content (AvgIpc) is 2.59. The quantitative estimate of drug-likeness (QED) is 0.844. The smallest absolute Gasteiger partial charge is 0.257 e. The van der Waals surface area contributed by atoms with Gasteiger partial charge in [-0.2, -0.15) is 0 Å². The van der Waals surface area contributed by atoms with Crippen molar-refractivity contribution in [3.63, 3.8) is 0 Å². The van der Waals surface area contributed by atoms with Crippen molar-refractivity contribution in [2.75, 3.05) is 26.7 Å². The summed E-state index contributed by atoms with van der Waals surface area (Å²) in [6.07, 6.45) is 1.04. The maximum absolute atomic E-state index is 12.9. The number of likely N-dealkylation sites (tertiary alicyclic amines) is 1. The molecule has 1 spiro atoms. The molecule has 2 amide bonds. The molecule has 2 N–H and O–H groups in total. The minimum Gasteiger partial charge on any atom is -0.496 e. The molecule has 0 aromatic heterocycles. The van der Waals surface area contributed by atoms with Crippen molar-refractivity contribution < 1.29 is 19.4 Å². The summed E-state index contributed by atoms with van der Waals surface area (Å²) in [7, 11) is 1.48. The number of hydrogen-bond acceptors (Lipinski definition) is 4.